The molecule has 7 heteroatoms. The van der Waals surface area contributed by atoms with Crippen molar-refractivity contribution < 1.29 is 0 Å². The number of benzene rings is 1. The molecule has 1 aromatic carbocycles. The highest BCUT2D eigenvalue weighted by Crippen LogP contribution is 2.41. The second-order valence-corrected chi connectivity index (χ2v) is 8.41. The Hall–Kier alpha value is -2.95. The number of nitrogens with two attached hydrogens (primary N) is 1. The van der Waals surface area contributed by atoms with Crippen molar-refractivity contribution in [3.05, 3.63) is 58.0 Å². The van der Waals surface area contributed by atoms with Crippen LogP contribution < -0.4 is 10.6 Å². The van der Waals surface area contributed by atoms with E-state index in [9.17, 15) is 5.26 Å². The second kappa shape index (κ2) is 6.34. The molecule has 0 radical (unpaired) electrons. The summed E-state index contributed by atoms with van der Waals surface area (Å²) in [5.74, 6) is 0.955. The van der Waals surface area contributed by atoms with Crippen LogP contribution >= 0.6 is 22.7 Å². The predicted molar refractivity (Wildman–Crippen MR) is 111 cm³/mol. The number of aromatic nitrogens is 2. The standard InChI is InChI=1S/C20H15N5S2/c21-8-14-13-6-7-25(9-16(13)27-18(14)22)19-17-15(12-4-2-1-3-5-12)10-26-20(17)24-11-23-19/h1-5,10-11H,6-7,9,22H2. The van der Waals surface area contributed by atoms with Crippen LogP contribution in [0.5, 0.6) is 0 Å². The minimum atomic E-state index is 0.623. The van der Waals surface area contributed by atoms with Gasteiger partial charge in [-0.05, 0) is 17.5 Å². The molecule has 132 valence electrons. The summed E-state index contributed by atoms with van der Waals surface area (Å²) < 4.78 is 0. The molecule has 5 nitrogen and oxygen atoms in total. The largest absolute Gasteiger partial charge is 0.389 e. The van der Waals surface area contributed by atoms with E-state index < -0.39 is 0 Å². The topological polar surface area (TPSA) is 78.8 Å². The third kappa shape index (κ3) is 2.57. The molecule has 1 aliphatic rings. The lowest BCUT2D eigenvalue weighted by atomic mass is 10.0. The normalized spacial score (nSPS) is 13.5. The molecule has 0 spiro atoms. The van der Waals surface area contributed by atoms with Crippen LogP contribution in [0.25, 0.3) is 21.3 Å². The zero-order valence-electron chi connectivity index (χ0n) is 14.3. The van der Waals surface area contributed by atoms with Crippen LogP contribution in [0, 0.1) is 11.3 Å². The molecule has 0 aliphatic carbocycles. The number of anilines is 2. The molecule has 0 fully saturated rings. The van der Waals surface area contributed by atoms with Crippen LogP contribution in [-0.4, -0.2) is 16.5 Å². The van der Waals surface area contributed by atoms with Crippen LogP contribution in [0.1, 0.15) is 16.0 Å². The quantitative estimate of drug-likeness (QED) is 0.548. The van der Waals surface area contributed by atoms with E-state index in [2.05, 4.69) is 38.4 Å². The van der Waals surface area contributed by atoms with Gasteiger partial charge < -0.3 is 10.6 Å². The maximum Gasteiger partial charge on any atom is 0.141 e. The molecular weight excluding hydrogens is 374 g/mol. The summed E-state index contributed by atoms with van der Waals surface area (Å²) in [7, 11) is 0. The van der Waals surface area contributed by atoms with Gasteiger partial charge in [-0.25, -0.2) is 9.97 Å². The van der Waals surface area contributed by atoms with Crippen LogP contribution in [0.4, 0.5) is 10.8 Å². The van der Waals surface area contributed by atoms with Gasteiger partial charge in [-0.15, -0.1) is 22.7 Å². The summed E-state index contributed by atoms with van der Waals surface area (Å²) in [6, 6.07) is 12.6. The van der Waals surface area contributed by atoms with Gasteiger partial charge in [-0.2, -0.15) is 5.26 Å². The third-order valence-electron chi connectivity index (χ3n) is 4.93. The van der Waals surface area contributed by atoms with Crippen molar-refractivity contribution in [1.82, 2.24) is 9.97 Å². The fourth-order valence-corrected chi connectivity index (χ4v) is 5.65. The van der Waals surface area contributed by atoms with Gasteiger partial charge in [-0.3, -0.25) is 0 Å². The first-order valence-corrected chi connectivity index (χ1v) is 10.3. The van der Waals surface area contributed by atoms with E-state index >= 15 is 0 Å². The Labute approximate surface area is 164 Å². The maximum absolute atomic E-state index is 9.37. The fraction of sp³-hybridized carbons (Fsp3) is 0.150. The van der Waals surface area contributed by atoms with Crippen molar-refractivity contribution in [3.63, 3.8) is 0 Å². The number of nitrogens with zero attached hydrogens (tertiary/aromatic N) is 4. The number of nitriles is 1. The Kier molecular flexibility index (Phi) is 3.81. The van der Waals surface area contributed by atoms with Crippen molar-refractivity contribution in [1.29, 1.82) is 5.26 Å². The van der Waals surface area contributed by atoms with Gasteiger partial charge in [0, 0.05) is 22.4 Å². The number of thiophene rings is 2. The van der Waals surface area contributed by atoms with E-state index in [0.717, 1.165) is 41.1 Å². The Balaban J connectivity index is 1.62. The zero-order valence-corrected chi connectivity index (χ0v) is 16.0. The number of nitrogen functional groups attached to an aromatic ring is 1. The number of rotatable bonds is 2. The van der Waals surface area contributed by atoms with E-state index in [1.54, 1.807) is 17.7 Å². The van der Waals surface area contributed by atoms with Crippen LogP contribution in [0.3, 0.4) is 0 Å². The summed E-state index contributed by atoms with van der Waals surface area (Å²) >= 11 is 3.17. The lowest BCUT2D eigenvalue weighted by molar-refractivity contribution is 0.734. The summed E-state index contributed by atoms with van der Waals surface area (Å²) in [6.45, 7) is 1.54. The third-order valence-corrected chi connectivity index (χ3v) is 6.86. The molecule has 3 aromatic heterocycles. The molecule has 4 heterocycles. The van der Waals surface area contributed by atoms with Gasteiger partial charge in [0.15, 0.2) is 0 Å². The highest BCUT2D eigenvalue weighted by Gasteiger charge is 2.26. The Bertz CT molecular complexity index is 1190. The fourth-order valence-electron chi connectivity index (χ4n) is 3.66. The van der Waals surface area contributed by atoms with E-state index in [1.807, 2.05) is 18.2 Å². The van der Waals surface area contributed by atoms with Crippen molar-refractivity contribution in [2.45, 2.75) is 13.0 Å². The SMILES string of the molecule is N#Cc1c(N)sc2c1CCN(c1ncnc3scc(-c4ccccc4)c13)C2. The minimum Gasteiger partial charge on any atom is -0.389 e. The first-order chi connectivity index (χ1) is 13.3. The van der Waals surface area contributed by atoms with Gasteiger partial charge in [0.2, 0.25) is 0 Å². The summed E-state index contributed by atoms with van der Waals surface area (Å²) in [4.78, 5) is 13.6. The molecule has 0 atom stereocenters. The maximum atomic E-state index is 9.37. The Morgan fingerprint density at radius 1 is 1.19 bits per heavy atom. The van der Waals surface area contributed by atoms with Crippen molar-refractivity contribution >= 4 is 43.7 Å². The predicted octanol–water partition coefficient (Wildman–Crippen LogP) is 4.44. The average Bonchev–Trinajstić information content (AvgIpc) is 3.28. The van der Waals surface area contributed by atoms with Crippen molar-refractivity contribution in [2.24, 2.45) is 0 Å². The van der Waals surface area contributed by atoms with E-state index in [0.29, 0.717) is 10.6 Å². The Morgan fingerprint density at radius 3 is 2.85 bits per heavy atom. The number of fused-ring (bicyclic) bond motifs is 2. The first kappa shape index (κ1) is 16.2. The molecule has 5 rings (SSSR count). The van der Waals surface area contributed by atoms with Gasteiger partial charge in [0.1, 0.15) is 28.0 Å². The molecule has 4 aromatic rings. The van der Waals surface area contributed by atoms with Crippen LogP contribution in [0.2, 0.25) is 0 Å². The van der Waals surface area contributed by atoms with E-state index in [4.69, 9.17) is 5.73 Å². The first-order valence-electron chi connectivity index (χ1n) is 8.59. The van der Waals surface area contributed by atoms with E-state index in [1.165, 1.54) is 27.3 Å². The number of hydrogen-bond acceptors (Lipinski definition) is 7. The molecule has 0 saturated carbocycles. The number of hydrogen-bond donors (Lipinski definition) is 1. The molecule has 0 bridgehead atoms. The average molecular weight is 390 g/mol. The monoisotopic (exact) mass is 389 g/mol. The lowest BCUT2D eigenvalue weighted by Crippen LogP contribution is -2.30. The van der Waals surface area contributed by atoms with Gasteiger partial charge in [0.05, 0.1) is 17.5 Å². The van der Waals surface area contributed by atoms with Crippen LogP contribution in [0.15, 0.2) is 42.0 Å². The molecule has 1 aliphatic heterocycles. The molecule has 0 saturated heterocycles. The lowest BCUT2D eigenvalue weighted by Gasteiger charge is -2.28. The van der Waals surface area contributed by atoms with Crippen molar-refractivity contribution in [3.8, 4) is 17.2 Å². The summed E-state index contributed by atoms with van der Waals surface area (Å²) in [6.07, 6.45) is 2.45. The van der Waals surface area contributed by atoms with Crippen molar-refractivity contribution in [2.75, 3.05) is 17.2 Å². The highest BCUT2D eigenvalue weighted by atomic mass is 32.1. The highest BCUT2D eigenvalue weighted by molar-refractivity contribution is 7.17. The Morgan fingerprint density at radius 2 is 2.04 bits per heavy atom. The zero-order chi connectivity index (χ0) is 18.4. The smallest absolute Gasteiger partial charge is 0.141 e. The van der Waals surface area contributed by atoms with E-state index in [-0.39, 0.29) is 0 Å². The molecule has 27 heavy (non-hydrogen) atoms. The van der Waals surface area contributed by atoms with Gasteiger partial charge in [-0.1, -0.05) is 30.3 Å². The molecule has 0 unspecified atom stereocenters. The molecule has 0 amide bonds. The van der Waals surface area contributed by atoms with Gasteiger partial charge in [0.25, 0.3) is 0 Å². The second-order valence-electron chi connectivity index (χ2n) is 6.42. The minimum absolute atomic E-state index is 0.623. The molecular formula is C20H15N5S2. The summed E-state index contributed by atoms with van der Waals surface area (Å²) in [5.41, 5.74) is 10.1. The summed E-state index contributed by atoms with van der Waals surface area (Å²) in [5, 5.41) is 13.2. The van der Waals surface area contributed by atoms with Gasteiger partial charge >= 0.3 is 0 Å². The van der Waals surface area contributed by atoms with Crippen LogP contribution in [-0.2, 0) is 13.0 Å². The molecule has 2 N–H and O–H groups in total.